The number of fused-ring (bicyclic) bond motifs is 1. The maximum Gasteiger partial charge on any atom is 0.673 e. The van der Waals surface area contributed by atoms with Crippen LogP contribution in [0.4, 0.5) is 17.3 Å². The molecule has 12 heteroatoms. The number of halogens is 4. The molecule has 1 aliphatic rings. The topological polar surface area (TPSA) is 78.7 Å². The van der Waals surface area contributed by atoms with Crippen molar-refractivity contribution in [3.63, 3.8) is 0 Å². The third kappa shape index (κ3) is 7.19. The Morgan fingerprint density at radius 1 is 0.944 bits per heavy atom. The van der Waals surface area contributed by atoms with E-state index in [4.69, 9.17) is 18.9 Å². The van der Waals surface area contributed by atoms with E-state index in [0.29, 0.717) is 35.8 Å². The first-order chi connectivity index (χ1) is 16.9. The molecular formula is C24H32BF4NO6. The van der Waals surface area contributed by atoms with E-state index < -0.39 is 18.8 Å². The number of quaternary nitrogens is 1. The first-order valence-corrected chi connectivity index (χ1v) is 11.3. The van der Waals surface area contributed by atoms with E-state index in [-0.39, 0.29) is 6.42 Å². The molecule has 200 valence electrons. The van der Waals surface area contributed by atoms with Crippen molar-refractivity contribution in [2.45, 2.75) is 31.2 Å². The third-order valence-corrected chi connectivity index (χ3v) is 6.43. The second-order valence-electron chi connectivity index (χ2n) is 8.48. The van der Waals surface area contributed by atoms with Crippen LogP contribution in [0.2, 0.25) is 0 Å². The van der Waals surface area contributed by atoms with Crippen LogP contribution in [0.5, 0.6) is 23.0 Å². The molecule has 2 aromatic rings. The number of hydrogen-bond donors (Lipinski definition) is 2. The fourth-order valence-corrected chi connectivity index (χ4v) is 4.71. The molecule has 0 amide bonds. The zero-order chi connectivity index (χ0) is 27.1. The van der Waals surface area contributed by atoms with Gasteiger partial charge in [0.25, 0.3) is 0 Å². The molecule has 0 saturated heterocycles. The lowest BCUT2D eigenvalue weighted by atomic mass is 9.73. The predicted octanol–water partition coefficient (Wildman–Crippen LogP) is 3.39. The lowest BCUT2D eigenvalue weighted by Crippen LogP contribution is -3.17. The summed E-state index contributed by atoms with van der Waals surface area (Å²) >= 11 is 0. The lowest BCUT2D eigenvalue weighted by molar-refractivity contribution is -0.946. The number of nitrogens with one attached hydrogen (secondary N) is 1. The van der Waals surface area contributed by atoms with Crippen LogP contribution in [0.25, 0.3) is 0 Å². The van der Waals surface area contributed by atoms with Gasteiger partial charge in [-0.3, -0.25) is 4.79 Å². The van der Waals surface area contributed by atoms with Crippen molar-refractivity contribution >= 4 is 13.2 Å². The largest absolute Gasteiger partial charge is 0.673 e. The summed E-state index contributed by atoms with van der Waals surface area (Å²) in [5.41, 5.74) is 2.93. The summed E-state index contributed by atoms with van der Waals surface area (Å²) < 4.78 is 61.0. The molecule has 1 unspecified atom stereocenters. The number of aliphatic carboxylic acids is 1. The van der Waals surface area contributed by atoms with Crippen molar-refractivity contribution < 1.29 is 51.0 Å². The van der Waals surface area contributed by atoms with E-state index in [1.54, 1.807) is 28.4 Å². The second kappa shape index (κ2) is 12.2. The van der Waals surface area contributed by atoms with Gasteiger partial charge in [-0.2, -0.15) is 0 Å². The molecule has 0 radical (unpaired) electrons. The number of benzene rings is 2. The number of carboxylic acid groups (broad SMARTS) is 1. The average Bonchev–Trinajstić information content (AvgIpc) is 2.82. The summed E-state index contributed by atoms with van der Waals surface area (Å²) in [5.74, 6) is 1.88. The number of carbonyl (C=O) groups is 1. The minimum atomic E-state index is -6.00. The summed E-state index contributed by atoms with van der Waals surface area (Å²) in [6.45, 7) is 0.898. The van der Waals surface area contributed by atoms with Crippen LogP contribution in [-0.4, -0.2) is 60.4 Å². The quantitative estimate of drug-likeness (QED) is 0.393. The molecule has 0 bridgehead atoms. The van der Waals surface area contributed by atoms with Gasteiger partial charge in [-0.05, 0) is 35.4 Å². The molecule has 2 atom stereocenters. The first kappa shape index (κ1) is 29.1. The standard InChI is InChI=1S/C24H31NO6.BF4/c1-25-11-9-17-13-21(30-4)22(31-5)14-18(17)24(25,10-8-23(26)27)15-16-6-7-19(28-2)20(12-16)29-3;2-1(3,4)5/h6-7,12-14H,8-11,15H2,1-5H3,(H,26,27);/q;-1/p+1/t24-;/m1./s1. The molecule has 3 rings (SSSR count). The van der Waals surface area contributed by atoms with Crippen LogP contribution >= 0.6 is 0 Å². The van der Waals surface area contributed by atoms with Gasteiger partial charge in [-0.15, -0.1) is 0 Å². The van der Waals surface area contributed by atoms with Gasteiger partial charge in [-0.1, -0.05) is 6.07 Å². The fraction of sp³-hybridized carbons (Fsp3) is 0.458. The van der Waals surface area contributed by atoms with Crippen molar-refractivity contribution in [3.05, 3.63) is 47.0 Å². The molecule has 2 N–H and O–H groups in total. The van der Waals surface area contributed by atoms with Gasteiger partial charge in [0, 0.05) is 24.8 Å². The summed E-state index contributed by atoms with van der Waals surface area (Å²) in [5, 5.41) is 9.50. The highest BCUT2D eigenvalue weighted by atomic mass is 19.5. The highest BCUT2D eigenvalue weighted by Gasteiger charge is 2.45. The van der Waals surface area contributed by atoms with E-state index in [0.717, 1.165) is 24.1 Å². The monoisotopic (exact) mass is 517 g/mol. The van der Waals surface area contributed by atoms with Gasteiger partial charge < -0.3 is 46.2 Å². The van der Waals surface area contributed by atoms with Gasteiger partial charge >= 0.3 is 13.2 Å². The molecule has 0 aromatic heterocycles. The van der Waals surface area contributed by atoms with Crippen molar-refractivity contribution in [3.8, 4) is 23.0 Å². The Morgan fingerprint density at radius 2 is 1.47 bits per heavy atom. The van der Waals surface area contributed by atoms with Crippen molar-refractivity contribution in [2.75, 3.05) is 42.0 Å². The molecule has 0 fully saturated rings. The third-order valence-electron chi connectivity index (χ3n) is 6.43. The van der Waals surface area contributed by atoms with E-state index in [1.165, 1.54) is 10.5 Å². The van der Waals surface area contributed by atoms with Crippen LogP contribution in [0.15, 0.2) is 30.3 Å². The summed E-state index contributed by atoms with van der Waals surface area (Å²) in [6.07, 6.45) is 2.14. The second-order valence-corrected chi connectivity index (χ2v) is 8.48. The Morgan fingerprint density at radius 3 is 2.00 bits per heavy atom. The van der Waals surface area contributed by atoms with Gasteiger partial charge in [-0.25, -0.2) is 0 Å². The minimum absolute atomic E-state index is 0.0818. The molecule has 7 nitrogen and oxygen atoms in total. The van der Waals surface area contributed by atoms with Crippen molar-refractivity contribution in [1.29, 1.82) is 0 Å². The molecule has 0 saturated carbocycles. The zero-order valence-corrected chi connectivity index (χ0v) is 21.0. The molecular weight excluding hydrogens is 485 g/mol. The molecule has 0 aliphatic carbocycles. The maximum atomic E-state index is 11.6. The number of hydrogen-bond acceptors (Lipinski definition) is 5. The van der Waals surface area contributed by atoms with E-state index in [1.807, 2.05) is 30.3 Å². The van der Waals surface area contributed by atoms with Crippen LogP contribution in [0.1, 0.15) is 29.5 Å². The Bertz CT molecular complexity index is 1050. The van der Waals surface area contributed by atoms with Crippen molar-refractivity contribution in [1.82, 2.24) is 0 Å². The number of ether oxygens (including phenoxy) is 4. The number of carboxylic acids is 1. The van der Waals surface area contributed by atoms with E-state index in [9.17, 15) is 27.2 Å². The van der Waals surface area contributed by atoms with Gasteiger partial charge in [0.2, 0.25) is 0 Å². The normalized spacial score (nSPS) is 18.9. The Balaban J connectivity index is 0.000000830. The molecule has 1 aliphatic heterocycles. The lowest BCUT2D eigenvalue weighted by Gasteiger charge is -2.44. The summed E-state index contributed by atoms with van der Waals surface area (Å²) in [4.78, 5) is 12.9. The molecule has 36 heavy (non-hydrogen) atoms. The number of likely N-dealkylation sites (N-methyl/N-ethyl adjacent to an activating group) is 1. The highest BCUT2D eigenvalue weighted by molar-refractivity contribution is 6.50. The molecule has 2 aromatic carbocycles. The SMILES string of the molecule is COc1ccc(C[C@]2(CCC(=O)O)c3cc(OC)c(OC)cc3CC[NH+]2C)cc1OC.F[B-](F)(F)F. The van der Waals surface area contributed by atoms with E-state index in [2.05, 4.69) is 7.05 Å². The zero-order valence-electron chi connectivity index (χ0n) is 21.0. The van der Waals surface area contributed by atoms with Crippen LogP contribution in [-0.2, 0) is 23.2 Å². The van der Waals surface area contributed by atoms with Crippen LogP contribution < -0.4 is 23.8 Å². The Kier molecular flexibility index (Phi) is 9.86. The average molecular weight is 517 g/mol. The summed E-state index contributed by atoms with van der Waals surface area (Å²) in [6, 6.07) is 9.95. The van der Waals surface area contributed by atoms with Crippen LogP contribution in [0.3, 0.4) is 0 Å². The fourth-order valence-electron chi connectivity index (χ4n) is 4.71. The first-order valence-electron chi connectivity index (χ1n) is 11.3. The minimum Gasteiger partial charge on any atom is -0.493 e. The Labute approximate surface area is 208 Å². The predicted molar refractivity (Wildman–Crippen MR) is 127 cm³/mol. The smallest absolute Gasteiger partial charge is 0.493 e. The number of rotatable bonds is 9. The highest BCUT2D eigenvalue weighted by Crippen LogP contribution is 2.40. The van der Waals surface area contributed by atoms with E-state index >= 15 is 0 Å². The van der Waals surface area contributed by atoms with Gasteiger partial charge in [0.1, 0.15) is 5.54 Å². The van der Waals surface area contributed by atoms with Crippen molar-refractivity contribution in [2.24, 2.45) is 0 Å². The Hall–Kier alpha value is -3.15. The maximum absolute atomic E-state index is 11.6. The molecule has 1 heterocycles. The number of methoxy groups -OCH3 is 4. The van der Waals surface area contributed by atoms with Gasteiger partial charge in [0.15, 0.2) is 23.0 Å². The molecule has 0 spiro atoms. The van der Waals surface area contributed by atoms with Crippen LogP contribution in [0, 0.1) is 0 Å². The van der Waals surface area contributed by atoms with Gasteiger partial charge in [0.05, 0.1) is 48.5 Å². The summed E-state index contributed by atoms with van der Waals surface area (Å²) in [7, 11) is 2.62.